The Morgan fingerprint density at radius 2 is 1.22 bits per heavy atom. The van der Waals surface area contributed by atoms with Crippen molar-refractivity contribution in [2.24, 2.45) is 0 Å². The summed E-state index contributed by atoms with van der Waals surface area (Å²) >= 11 is 0. The molecule has 0 saturated carbocycles. The molecule has 0 aromatic carbocycles. The molecule has 0 spiro atoms. The van der Waals surface area contributed by atoms with E-state index in [4.69, 9.17) is 18.9 Å². The number of carboxylic acid groups (broad SMARTS) is 1. The first kappa shape index (κ1) is 34.5. The van der Waals surface area contributed by atoms with Gasteiger partial charge in [-0.1, -0.05) is 0 Å². The maximum Gasteiger partial charge on any atom is 1.00 e. The van der Waals surface area contributed by atoms with Crippen LogP contribution in [-0.2, 0) is 23.7 Å². The molecule has 18 heteroatoms. The second-order valence-electron chi connectivity index (χ2n) is 8.19. The molecular formula is C18H31KO17. The van der Waals surface area contributed by atoms with Gasteiger partial charge in [-0.05, 0) is 0 Å². The number of hydrogen-bond donors (Lipinski definition) is 11. The number of aliphatic carboxylic acids is 1. The minimum absolute atomic E-state index is 0. The van der Waals surface area contributed by atoms with Gasteiger partial charge in [0, 0.05) is 0 Å². The second kappa shape index (κ2) is 15.3. The van der Waals surface area contributed by atoms with Crippen LogP contribution in [0.5, 0.6) is 0 Å². The van der Waals surface area contributed by atoms with Crippen molar-refractivity contribution >= 4 is 5.97 Å². The van der Waals surface area contributed by atoms with E-state index >= 15 is 0 Å². The fraction of sp³-hybridized carbons (Fsp3) is 0.944. The predicted octanol–water partition coefficient (Wildman–Crippen LogP) is -12.2. The van der Waals surface area contributed by atoms with E-state index in [2.05, 4.69) is 0 Å². The normalized spacial score (nSPS) is 40.5. The van der Waals surface area contributed by atoms with E-state index in [0.717, 1.165) is 0 Å². The van der Waals surface area contributed by atoms with Gasteiger partial charge in [-0.2, -0.15) is 0 Å². The van der Waals surface area contributed by atoms with Gasteiger partial charge in [0.25, 0.3) is 0 Å². The topological polar surface area (TPSA) is 300 Å². The SMILES string of the molecule is O=C([O-])[C@H](O)[C@@H](O)[C@H](O)[C@H](O)CO[C@H]1O[C@H](CO[C@H]2O[C@H](CO)[C@H](O)[C@H](O)[C@H]2O)[C@H](O)[C@H](O)[C@H]1O.[K+]. The Labute approximate surface area is 246 Å². The van der Waals surface area contributed by atoms with E-state index in [1.165, 1.54) is 0 Å². The molecule has 2 saturated heterocycles. The third kappa shape index (κ3) is 8.25. The van der Waals surface area contributed by atoms with Gasteiger partial charge in [0.2, 0.25) is 0 Å². The van der Waals surface area contributed by atoms with Gasteiger partial charge >= 0.3 is 51.4 Å². The van der Waals surface area contributed by atoms with Crippen LogP contribution in [0.15, 0.2) is 0 Å². The van der Waals surface area contributed by atoms with E-state index < -0.39 is 112 Å². The van der Waals surface area contributed by atoms with Gasteiger partial charge in [0.05, 0.1) is 25.8 Å². The Kier molecular flexibility index (Phi) is 14.7. The molecule has 17 nitrogen and oxygen atoms in total. The van der Waals surface area contributed by atoms with Gasteiger partial charge in [-0.15, -0.1) is 0 Å². The maximum absolute atomic E-state index is 10.6. The molecular weight excluding hydrogens is 527 g/mol. The molecule has 2 rings (SSSR count). The molecule has 14 atom stereocenters. The van der Waals surface area contributed by atoms with Crippen LogP contribution in [-0.4, -0.2) is 168 Å². The van der Waals surface area contributed by atoms with Crippen molar-refractivity contribution in [3.63, 3.8) is 0 Å². The molecule has 11 N–H and O–H groups in total. The number of rotatable bonds is 11. The molecule has 2 heterocycles. The van der Waals surface area contributed by atoms with Gasteiger partial charge in [0.15, 0.2) is 12.6 Å². The van der Waals surface area contributed by atoms with Crippen molar-refractivity contribution in [3.05, 3.63) is 0 Å². The average Bonchev–Trinajstić information content (AvgIpc) is 2.84. The summed E-state index contributed by atoms with van der Waals surface area (Å²) in [5.41, 5.74) is 0. The quantitative estimate of drug-likeness (QED) is 0.105. The van der Waals surface area contributed by atoms with Crippen LogP contribution in [0.3, 0.4) is 0 Å². The summed E-state index contributed by atoms with van der Waals surface area (Å²) in [4.78, 5) is 10.6. The van der Waals surface area contributed by atoms with Crippen molar-refractivity contribution in [2.45, 2.75) is 85.8 Å². The van der Waals surface area contributed by atoms with E-state index in [-0.39, 0.29) is 51.4 Å². The molecule has 0 aromatic heterocycles. The molecule has 0 amide bonds. The van der Waals surface area contributed by atoms with Gasteiger partial charge in [-0.3, -0.25) is 0 Å². The third-order valence-electron chi connectivity index (χ3n) is 5.68. The van der Waals surface area contributed by atoms with Crippen molar-refractivity contribution < 1.29 is 136 Å². The molecule has 0 bridgehead atoms. The summed E-state index contributed by atoms with van der Waals surface area (Å²) in [6, 6.07) is 0. The van der Waals surface area contributed by atoms with Gasteiger partial charge < -0.3 is 85.0 Å². The third-order valence-corrected chi connectivity index (χ3v) is 5.68. The summed E-state index contributed by atoms with van der Waals surface area (Å²) < 4.78 is 20.7. The van der Waals surface area contributed by atoms with E-state index in [1.807, 2.05) is 0 Å². The monoisotopic (exact) mass is 558 g/mol. The van der Waals surface area contributed by atoms with Crippen LogP contribution >= 0.6 is 0 Å². The number of carbonyl (C=O) groups is 1. The zero-order valence-corrected chi connectivity index (χ0v) is 22.2. The van der Waals surface area contributed by atoms with Crippen LogP contribution in [0.4, 0.5) is 0 Å². The first-order valence-electron chi connectivity index (χ1n) is 10.5. The minimum Gasteiger partial charge on any atom is -0.547 e. The van der Waals surface area contributed by atoms with Crippen LogP contribution in [0.25, 0.3) is 0 Å². The molecule has 2 fully saturated rings. The summed E-state index contributed by atoms with van der Waals surface area (Å²) in [6.45, 7) is -2.28. The molecule has 2 aliphatic heterocycles. The Morgan fingerprint density at radius 3 is 1.72 bits per heavy atom. The fourth-order valence-corrected chi connectivity index (χ4v) is 3.43. The van der Waals surface area contributed by atoms with Crippen LogP contribution in [0.2, 0.25) is 0 Å². The van der Waals surface area contributed by atoms with E-state index in [9.17, 15) is 66.1 Å². The van der Waals surface area contributed by atoms with Crippen molar-refractivity contribution in [2.75, 3.05) is 19.8 Å². The van der Waals surface area contributed by atoms with Crippen LogP contribution in [0.1, 0.15) is 0 Å². The largest absolute Gasteiger partial charge is 1.00 e. The number of carboxylic acids is 1. The molecule has 206 valence electrons. The zero-order valence-electron chi connectivity index (χ0n) is 19.1. The molecule has 0 aliphatic carbocycles. The summed E-state index contributed by atoms with van der Waals surface area (Å²) in [5, 5.41) is 118. The number of aliphatic hydroxyl groups excluding tert-OH is 11. The Balaban J connectivity index is 0.00000648. The Hall–Kier alpha value is 0.506. The van der Waals surface area contributed by atoms with Gasteiger partial charge in [-0.25, -0.2) is 0 Å². The molecule has 2 aliphatic rings. The Bertz CT molecular complexity index is 672. The number of carbonyl (C=O) groups excluding carboxylic acids is 1. The second-order valence-corrected chi connectivity index (χ2v) is 8.19. The van der Waals surface area contributed by atoms with Crippen molar-refractivity contribution in [1.29, 1.82) is 0 Å². The Morgan fingerprint density at radius 1 is 0.750 bits per heavy atom. The minimum atomic E-state index is -2.53. The zero-order chi connectivity index (χ0) is 26.6. The first-order valence-corrected chi connectivity index (χ1v) is 10.5. The van der Waals surface area contributed by atoms with Gasteiger partial charge in [0.1, 0.15) is 73.2 Å². The standard InChI is InChI=1S/C18H32O17.K/c19-1-5-8(22)11(25)14(28)18(34-5)33-3-6-9(23)12(26)15(29)17(35-6)32-2-4(20)7(21)10(24)13(27)16(30)31;/h4-15,17-29H,1-3H2,(H,30,31);/q;+1/p-1/t4-,5-,6-,7-,8+,9+,10+,11+,12+,13-,14-,15-,17+,18+;/m1./s1. The smallest absolute Gasteiger partial charge is 0.547 e. The van der Waals surface area contributed by atoms with Crippen molar-refractivity contribution in [1.82, 2.24) is 0 Å². The maximum atomic E-state index is 10.6. The number of aliphatic hydroxyl groups is 11. The molecule has 0 radical (unpaired) electrons. The molecule has 36 heavy (non-hydrogen) atoms. The first-order chi connectivity index (χ1) is 16.3. The van der Waals surface area contributed by atoms with Crippen molar-refractivity contribution in [3.8, 4) is 0 Å². The van der Waals surface area contributed by atoms with Crippen LogP contribution < -0.4 is 56.5 Å². The summed E-state index contributed by atoms with van der Waals surface area (Å²) in [6.07, 6.45) is -25.9. The number of ether oxygens (including phenoxy) is 4. The fourth-order valence-electron chi connectivity index (χ4n) is 3.43. The summed E-state index contributed by atoms with van der Waals surface area (Å²) in [7, 11) is 0. The molecule has 0 unspecified atom stereocenters. The summed E-state index contributed by atoms with van der Waals surface area (Å²) in [5.74, 6) is -2.12. The van der Waals surface area contributed by atoms with E-state index in [1.54, 1.807) is 0 Å². The predicted molar refractivity (Wildman–Crippen MR) is 101 cm³/mol. The average molecular weight is 559 g/mol. The van der Waals surface area contributed by atoms with E-state index in [0.29, 0.717) is 0 Å². The number of hydrogen-bond acceptors (Lipinski definition) is 17. The molecule has 0 aromatic rings. The van der Waals surface area contributed by atoms with Crippen LogP contribution in [0, 0.1) is 0 Å².